The van der Waals surface area contributed by atoms with Crippen molar-refractivity contribution >= 4 is 39.7 Å². The van der Waals surface area contributed by atoms with E-state index in [1.807, 2.05) is 55.5 Å². The maximum absolute atomic E-state index is 12.2. The van der Waals surface area contributed by atoms with Gasteiger partial charge in [-0.25, -0.2) is 5.43 Å². The minimum Gasteiger partial charge on any atom is -0.490 e. The van der Waals surface area contributed by atoms with Gasteiger partial charge in [0.1, 0.15) is 6.61 Å². The number of carbonyl (C=O) groups is 1. The number of ether oxygens (including phenoxy) is 2. The second-order valence-corrected chi connectivity index (χ2v) is 7.62. The largest absolute Gasteiger partial charge is 0.490 e. The second-order valence-electron chi connectivity index (χ2n) is 6.27. The molecule has 1 N–H and O–H groups in total. The third-order valence-corrected chi connectivity index (χ3v) is 4.75. The van der Waals surface area contributed by atoms with Crippen molar-refractivity contribution in [3.05, 3.63) is 92.9 Å². The lowest BCUT2D eigenvalue weighted by Crippen LogP contribution is -2.17. The third-order valence-electron chi connectivity index (χ3n) is 4.02. The molecule has 1 amide bonds. The van der Waals surface area contributed by atoms with Gasteiger partial charge in [0.05, 0.1) is 12.8 Å². The number of nitrogens with one attached hydrogen (secondary N) is 1. The highest BCUT2D eigenvalue weighted by Gasteiger charge is 2.08. The van der Waals surface area contributed by atoms with Crippen LogP contribution in [0.3, 0.4) is 0 Å². The first-order valence-electron chi connectivity index (χ1n) is 9.28. The van der Waals surface area contributed by atoms with Crippen LogP contribution >= 0.6 is 27.5 Å². The minimum atomic E-state index is -0.293. The summed E-state index contributed by atoms with van der Waals surface area (Å²) in [7, 11) is 0. The molecule has 30 heavy (non-hydrogen) atoms. The molecule has 0 saturated heterocycles. The second kappa shape index (κ2) is 10.8. The smallest absolute Gasteiger partial charge is 0.271 e. The predicted octanol–water partition coefficient (Wildman–Crippen LogP) is 5.84. The van der Waals surface area contributed by atoms with Crippen LogP contribution in [0.1, 0.15) is 28.4 Å². The van der Waals surface area contributed by atoms with Crippen LogP contribution in [0, 0.1) is 0 Å². The van der Waals surface area contributed by atoms with Crippen LogP contribution in [0.15, 0.2) is 76.3 Å². The van der Waals surface area contributed by atoms with Gasteiger partial charge in [0.15, 0.2) is 11.5 Å². The Morgan fingerprint density at radius 3 is 2.67 bits per heavy atom. The molecule has 0 aliphatic carbocycles. The van der Waals surface area contributed by atoms with Crippen molar-refractivity contribution in [2.24, 2.45) is 5.10 Å². The average Bonchev–Trinajstić information content (AvgIpc) is 2.73. The van der Waals surface area contributed by atoms with Crippen molar-refractivity contribution in [3.8, 4) is 11.5 Å². The van der Waals surface area contributed by atoms with Crippen LogP contribution in [0.5, 0.6) is 11.5 Å². The van der Waals surface area contributed by atoms with E-state index in [1.54, 1.807) is 24.4 Å². The molecule has 0 unspecified atom stereocenters. The van der Waals surface area contributed by atoms with Gasteiger partial charge in [-0.05, 0) is 66.6 Å². The predicted molar refractivity (Wildman–Crippen MR) is 123 cm³/mol. The molecule has 0 aromatic heterocycles. The van der Waals surface area contributed by atoms with Crippen LogP contribution in [0.25, 0.3) is 0 Å². The van der Waals surface area contributed by atoms with E-state index >= 15 is 0 Å². The number of rotatable bonds is 8. The molecule has 0 saturated carbocycles. The van der Waals surface area contributed by atoms with Gasteiger partial charge in [0, 0.05) is 15.1 Å². The van der Waals surface area contributed by atoms with Gasteiger partial charge in [-0.15, -0.1) is 0 Å². The summed E-state index contributed by atoms with van der Waals surface area (Å²) in [6.07, 6.45) is 1.55. The normalized spacial score (nSPS) is 10.8. The number of halogens is 2. The lowest BCUT2D eigenvalue weighted by Gasteiger charge is -2.12. The van der Waals surface area contributed by atoms with E-state index in [2.05, 4.69) is 26.5 Å². The summed E-state index contributed by atoms with van der Waals surface area (Å²) < 4.78 is 12.4. The monoisotopic (exact) mass is 486 g/mol. The molecule has 0 fully saturated rings. The summed E-state index contributed by atoms with van der Waals surface area (Å²) in [4.78, 5) is 12.2. The van der Waals surface area contributed by atoms with E-state index in [0.29, 0.717) is 35.3 Å². The molecule has 3 aromatic rings. The number of carbonyl (C=O) groups excluding carboxylic acids is 1. The van der Waals surface area contributed by atoms with E-state index in [4.69, 9.17) is 21.1 Å². The van der Waals surface area contributed by atoms with Gasteiger partial charge in [-0.3, -0.25) is 4.79 Å². The molecule has 7 heteroatoms. The van der Waals surface area contributed by atoms with Crippen molar-refractivity contribution in [1.82, 2.24) is 5.43 Å². The first-order valence-corrected chi connectivity index (χ1v) is 10.5. The summed E-state index contributed by atoms with van der Waals surface area (Å²) in [6.45, 7) is 2.77. The molecule has 154 valence electrons. The zero-order valence-corrected chi connectivity index (χ0v) is 18.6. The molecule has 0 radical (unpaired) electrons. The average molecular weight is 488 g/mol. The van der Waals surface area contributed by atoms with Gasteiger partial charge in [-0.2, -0.15) is 5.10 Å². The Hall–Kier alpha value is -2.83. The van der Waals surface area contributed by atoms with Crippen LogP contribution in [-0.2, 0) is 6.61 Å². The molecule has 0 aliphatic heterocycles. The van der Waals surface area contributed by atoms with Gasteiger partial charge < -0.3 is 9.47 Å². The Morgan fingerprint density at radius 2 is 1.90 bits per heavy atom. The van der Waals surface area contributed by atoms with Crippen molar-refractivity contribution in [2.75, 3.05) is 6.61 Å². The van der Waals surface area contributed by atoms with Gasteiger partial charge in [0.25, 0.3) is 5.91 Å². The summed E-state index contributed by atoms with van der Waals surface area (Å²) in [5.74, 6) is 0.924. The number of hydrogen-bond donors (Lipinski definition) is 1. The maximum Gasteiger partial charge on any atom is 0.271 e. The molecule has 0 heterocycles. The third kappa shape index (κ3) is 6.34. The lowest BCUT2D eigenvalue weighted by atomic mass is 10.2. The molecular weight excluding hydrogens is 468 g/mol. The van der Waals surface area contributed by atoms with Crippen molar-refractivity contribution in [2.45, 2.75) is 13.5 Å². The van der Waals surface area contributed by atoms with E-state index in [-0.39, 0.29) is 5.91 Å². The summed E-state index contributed by atoms with van der Waals surface area (Å²) >= 11 is 9.36. The van der Waals surface area contributed by atoms with Crippen molar-refractivity contribution in [1.29, 1.82) is 0 Å². The quantitative estimate of drug-likeness (QED) is 0.320. The first kappa shape index (κ1) is 21.9. The van der Waals surface area contributed by atoms with Gasteiger partial charge in [0.2, 0.25) is 0 Å². The molecule has 0 aliphatic rings. The molecular formula is C23H20BrClN2O3. The summed E-state index contributed by atoms with van der Waals surface area (Å²) in [6, 6.07) is 20.1. The van der Waals surface area contributed by atoms with Crippen molar-refractivity contribution < 1.29 is 14.3 Å². The molecule has 0 atom stereocenters. The zero-order chi connectivity index (χ0) is 21.3. The molecule has 3 rings (SSSR count). The molecule has 0 spiro atoms. The van der Waals surface area contributed by atoms with Crippen LogP contribution < -0.4 is 14.9 Å². The van der Waals surface area contributed by atoms with Crippen LogP contribution in [0.2, 0.25) is 5.02 Å². The van der Waals surface area contributed by atoms with Crippen molar-refractivity contribution in [3.63, 3.8) is 0 Å². The number of hydrazone groups is 1. The SMILES string of the molecule is CCOc1cc(/C=N\NC(=O)c2cccc(Br)c2)ccc1OCc1cccc(Cl)c1. The first-order chi connectivity index (χ1) is 14.5. The summed E-state index contributed by atoms with van der Waals surface area (Å²) in [5, 5.41) is 4.70. The van der Waals surface area contributed by atoms with E-state index < -0.39 is 0 Å². The number of hydrogen-bond acceptors (Lipinski definition) is 4. The molecule has 5 nitrogen and oxygen atoms in total. The molecule has 3 aromatic carbocycles. The number of amides is 1. The number of benzene rings is 3. The molecule has 0 bridgehead atoms. The van der Waals surface area contributed by atoms with Crippen LogP contribution in [-0.4, -0.2) is 18.7 Å². The fourth-order valence-corrected chi connectivity index (χ4v) is 3.25. The highest BCUT2D eigenvalue weighted by molar-refractivity contribution is 9.10. The Morgan fingerprint density at radius 1 is 1.07 bits per heavy atom. The van der Waals surface area contributed by atoms with E-state index in [1.165, 1.54) is 0 Å². The zero-order valence-electron chi connectivity index (χ0n) is 16.3. The minimum absolute atomic E-state index is 0.293. The Bertz CT molecular complexity index is 1060. The topological polar surface area (TPSA) is 59.9 Å². The Kier molecular flexibility index (Phi) is 7.88. The highest BCUT2D eigenvalue weighted by atomic mass is 79.9. The Labute approximate surface area is 188 Å². The lowest BCUT2D eigenvalue weighted by molar-refractivity contribution is 0.0955. The summed E-state index contributed by atoms with van der Waals surface area (Å²) in [5.41, 5.74) is 4.76. The van der Waals surface area contributed by atoms with Gasteiger partial charge >= 0.3 is 0 Å². The van der Waals surface area contributed by atoms with Crippen LogP contribution in [0.4, 0.5) is 0 Å². The Balaban J connectivity index is 1.66. The standard InChI is InChI=1S/C23H20BrClN2O3/c1-2-29-22-12-16(14-26-27-23(28)18-6-4-7-19(24)13-18)9-10-21(22)30-15-17-5-3-8-20(25)11-17/h3-14H,2,15H2,1H3,(H,27,28)/b26-14-. The fourth-order valence-electron chi connectivity index (χ4n) is 2.64. The fraction of sp³-hybridized carbons (Fsp3) is 0.130. The van der Waals surface area contributed by atoms with Gasteiger partial charge in [-0.1, -0.05) is 45.7 Å². The maximum atomic E-state index is 12.2. The highest BCUT2D eigenvalue weighted by Crippen LogP contribution is 2.29. The van der Waals surface area contributed by atoms with E-state index in [9.17, 15) is 4.79 Å². The van der Waals surface area contributed by atoms with E-state index in [0.717, 1.165) is 15.6 Å². The number of nitrogens with zero attached hydrogens (tertiary/aromatic N) is 1.